The Labute approximate surface area is 131 Å². The third kappa shape index (κ3) is 1.59. The number of fused-ring (bicyclic) bond motifs is 4. The predicted molar refractivity (Wildman–Crippen MR) is 81.5 cm³/mol. The van der Waals surface area contributed by atoms with Crippen LogP contribution in [-0.4, -0.2) is 11.8 Å². The van der Waals surface area contributed by atoms with Crippen LogP contribution in [0.5, 0.6) is 0 Å². The molecule has 2 atom stereocenters. The number of hydrogen-bond donors (Lipinski definition) is 0. The molecule has 0 saturated heterocycles. The van der Waals surface area contributed by atoms with Crippen molar-refractivity contribution >= 4 is 37.6 Å². The van der Waals surface area contributed by atoms with Crippen molar-refractivity contribution in [3.63, 3.8) is 0 Å². The van der Waals surface area contributed by atoms with Crippen molar-refractivity contribution in [2.75, 3.05) is 0 Å². The van der Waals surface area contributed by atoms with Crippen molar-refractivity contribution in [2.24, 2.45) is 9.98 Å². The molecule has 0 radical (unpaired) electrons. The molecule has 1 aliphatic carbocycles. The van der Waals surface area contributed by atoms with E-state index in [2.05, 4.69) is 36.9 Å². The largest absolute Gasteiger partial charge is 0.292 e. The van der Waals surface area contributed by atoms with Crippen LogP contribution in [0.15, 0.2) is 55.3 Å². The lowest BCUT2D eigenvalue weighted by atomic mass is 10.1. The summed E-state index contributed by atoms with van der Waals surface area (Å²) in [5, 5.41) is 1.56. The lowest BCUT2D eigenvalue weighted by molar-refractivity contribution is 0.0965. The summed E-state index contributed by atoms with van der Waals surface area (Å²) in [7, 11) is 0. The van der Waals surface area contributed by atoms with Gasteiger partial charge < -0.3 is 0 Å². The smallest absolute Gasteiger partial charge is 0.190 e. The maximum absolute atomic E-state index is 12.5. The highest BCUT2D eigenvalue weighted by Gasteiger charge is 2.40. The highest BCUT2D eigenvalue weighted by atomic mass is 79.9. The zero-order valence-corrected chi connectivity index (χ0v) is 13.3. The van der Waals surface area contributed by atoms with E-state index in [1.165, 1.54) is 0 Å². The first-order valence-corrected chi connectivity index (χ1v) is 7.78. The molecule has 98 valence electrons. The van der Waals surface area contributed by atoms with Crippen molar-refractivity contribution in [1.29, 1.82) is 0 Å². The second kappa shape index (κ2) is 4.33. The molecule has 1 aliphatic heterocycles. The first kappa shape index (κ1) is 12.4. The third-order valence-corrected chi connectivity index (χ3v) is 4.98. The Bertz CT molecular complexity index is 876. The van der Waals surface area contributed by atoms with Gasteiger partial charge in [-0.3, -0.25) is 14.8 Å². The van der Waals surface area contributed by atoms with Gasteiger partial charge in [-0.1, -0.05) is 24.3 Å². The van der Waals surface area contributed by atoms with E-state index in [0.717, 1.165) is 30.8 Å². The summed E-state index contributed by atoms with van der Waals surface area (Å²) < 4.78 is 1.76. The van der Waals surface area contributed by atoms with Gasteiger partial charge in [0.15, 0.2) is 5.78 Å². The Morgan fingerprint density at radius 2 is 1.45 bits per heavy atom. The molecule has 20 heavy (non-hydrogen) atoms. The van der Waals surface area contributed by atoms with Gasteiger partial charge in [-0.15, -0.1) is 0 Å². The summed E-state index contributed by atoms with van der Waals surface area (Å²) in [6.45, 7) is 0. The van der Waals surface area contributed by atoms with Crippen molar-refractivity contribution < 1.29 is 4.79 Å². The summed E-state index contributed by atoms with van der Waals surface area (Å²) in [6.07, 6.45) is 0. The molecule has 0 saturated carbocycles. The molecule has 0 aromatic heterocycles. The van der Waals surface area contributed by atoms with Gasteiger partial charge in [-0.25, -0.2) is 0 Å². The van der Waals surface area contributed by atoms with Crippen molar-refractivity contribution in [2.45, 2.75) is 12.1 Å². The van der Waals surface area contributed by atoms with Crippen LogP contribution >= 0.6 is 31.9 Å². The quantitative estimate of drug-likeness (QED) is 0.680. The van der Waals surface area contributed by atoms with Gasteiger partial charge in [-0.2, -0.15) is 0 Å². The molecule has 0 spiro atoms. The zero-order chi connectivity index (χ0) is 13.9. The van der Waals surface area contributed by atoms with Crippen LogP contribution in [0.25, 0.3) is 0 Å². The number of halogens is 2. The summed E-state index contributed by atoms with van der Waals surface area (Å²) in [5.41, 5.74) is 1.72. The lowest BCUT2D eigenvalue weighted by Crippen LogP contribution is -2.37. The van der Waals surface area contributed by atoms with Gasteiger partial charge >= 0.3 is 0 Å². The number of carbonyl (C=O) groups excluding carboxylic acids is 1. The fraction of sp³-hybridized carbons (Fsp3) is 0.133. The number of benzene rings is 2. The SMILES string of the molecule is O=C1c2ccccc2C2N=c3c(Br)ccc(Br)c3=NC12. The van der Waals surface area contributed by atoms with Crippen molar-refractivity contribution in [1.82, 2.24) is 0 Å². The standard InChI is InChI=1S/C15H8Br2N2O/c16-9-5-6-10(17)13-12(9)18-11-7-3-1-2-4-8(7)15(20)14(11)19-13/h1-6,11,14H. The Kier molecular flexibility index (Phi) is 2.69. The first-order valence-electron chi connectivity index (χ1n) is 6.19. The number of hydrogen-bond acceptors (Lipinski definition) is 3. The van der Waals surface area contributed by atoms with Gasteiger partial charge in [-0.05, 0) is 49.6 Å². The van der Waals surface area contributed by atoms with Gasteiger partial charge in [0.2, 0.25) is 0 Å². The Morgan fingerprint density at radius 3 is 2.15 bits per heavy atom. The van der Waals surface area contributed by atoms with Crippen LogP contribution in [0.1, 0.15) is 22.0 Å². The van der Waals surface area contributed by atoms with E-state index < -0.39 is 6.04 Å². The van der Waals surface area contributed by atoms with Gasteiger partial charge in [0, 0.05) is 14.5 Å². The lowest BCUT2D eigenvalue weighted by Gasteiger charge is -2.16. The summed E-state index contributed by atoms with van der Waals surface area (Å²) in [6, 6.07) is 10.9. The summed E-state index contributed by atoms with van der Waals surface area (Å²) >= 11 is 6.99. The van der Waals surface area contributed by atoms with Crippen molar-refractivity contribution in [3.05, 3.63) is 67.2 Å². The summed E-state index contributed by atoms with van der Waals surface area (Å²) in [4.78, 5) is 21.9. The van der Waals surface area contributed by atoms with E-state index in [1.807, 2.05) is 36.4 Å². The van der Waals surface area contributed by atoms with Crippen LogP contribution < -0.4 is 10.7 Å². The van der Waals surface area contributed by atoms with E-state index >= 15 is 0 Å². The fourth-order valence-electron chi connectivity index (χ4n) is 2.78. The maximum atomic E-state index is 12.5. The molecule has 0 amide bonds. The van der Waals surface area contributed by atoms with Gasteiger partial charge in [0.1, 0.15) is 12.1 Å². The van der Waals surface area contributed by atoms with Crippen molar-refractivity contribution in [3.8, 4) is 0 Å². The van der Waals surface area contributed by atoms with Crippen LogP contribution in [0, 0.1) is 0 Å². The molecule has 2 aromatic rings. The molecule has 5 heteroatoms. The third-order valence-electron chi connectivity index (χ3n) is 3.70. The van der Waals surface area contributed by atoms with Crippen LogP contribution in [0.2, 0.25) is 0 Å². The minimum absolute atomic E-state index is 0.0619. The van der Waals surface area contributed by atoms with E-state index in [4.69, 9.17) is 4.99 Å². The first-order chi connectivity index (χ1) is 9.66. The Morgan fingerprint density at radius 1 is 0.850 bits per heavy atom. The summed E-state index contributed by atoms with van der Waals surface area (Å²) in [5.74, 6) is 0.0619. The molecule has 1 heterocycles. The molecular formula is C15H8Br2N2O. The molecular weight excluding hydrogens is 384 g/mol. The second-order valence-electron chi connectivity index (χ2n) is 4.83. The molecule has 2 aromatic carbocycles. The van der Waals surface area contributed by atoms with Crippen LogP contribution in [0.3, 0.4) is 0 Å². The monoisotopic (exact) mass is 390 g/mol. The second-order valence-corrected chi connectivity index (χ2v) is 6.53. The predicted octanol–water partition coefficient (Wildman–Crippen LogP) is 2.77. The van der Waals surface area contributed by atoms with E-state index in [1.54, 1.807) is 0 Å². The molecule has 0 fully saturated rings. The topological polar surface area (TPSA) is 41.8 Å². The van der Waals surface area contributed by atoms with E-state index in [9.17, 15) is 4.79 Å². The molecule has 0 N–H and O–H groups in total. The molecule has 2 aliphatic rings. The number of nitrogens with zero attached hydrogens (tertiary/aromatic N) is 2. The molecule has 2 unspecified atom stereocenters. The van der Waals surface area contributed by atoms with E-state index in [-0.39, 0.29) is 11.8 Å². The highest BCUT2D eigenvalue weighted by molar-refractivity contribution is 9.11. The molecule has 3 nitrogen and oxygen atoms in total. The zero-order valence-electron chi connectivity index (χ0n) is 10.2. The van der Waals surface area contributed by atoms with Gasteiger partial charge in [0.25, 0.3) is 0 Å². The molecule has 0 bridgehead atoms. The number of ketones is 1. The number of Topliss-reactive ketones (excluding diaryl/α,β-unsaturated/α-hetero) is 1. The number of rotatable bonds is 0. The van der Waals surface area contributed by atoms with Crippen LogP contribution in [-0.2, 0) is 0 Å². The van der Waals surface area contributed by atoms with Gasteiger partial charge in [0.05, 0.1) is 10.7 Å². The van der Waals surface area contributed by atoms with Crippen LogP contribution in [0.4, 0.5) is 0 Å². The highest BCUT2D eigenvalue weighted by Crippen LogP contribution is 2.36. The van der Waals surface area contributed by atoms with E-state index in [0.29, 0.717) is 0 Å². The minimum Gasteiger partial charge on any atom is -0.292 e. The average Bonchev–Trinajstić information content (AvgIpc) is 2.76. The Hall–Kier alpha value is -1.33. The fourth-order valence-corrected chi connectivity index (χ4v) is 3.62. The Balaban J connectivity index is 2.06. The number of carbonyl (C=O) groups is 1. The molecule has 4 rings (SSSR count). The normalized spacial score (nSPS) is 22.4. The minimum atomic E-state index is -0.425. The average molecular weight is 392 g/mol. The maximum Gasteiger partial charge on any atom is 0.190 e.